The molecule has 0 bridgehead atoms. The van der Waals surface area contributed by atoms with E-state index in [9.17, 15) is 9.59 Å². The van der Waals surface area contributed by atoms with Crippen LogP contribution in [0.25, 0.3) is 0 Å². The van der Waals surface area contributed by atoms with Gasteiger partial charge in [-0.3, -0.25) is 14.5 Å². The summed E-state index contributed by atoms with van der Waals surface area (Å²) in [5, 5.41) is 4.08. The molecule has 2 amide bonds. The van der Waals surface area contributed by atoms with E-state index in [-0.39, 0.29) is 36.0 Å². The molecule has 7 nitrogen and oxygen atoms in total. The second-order valence-corrected chi connectivity index (χ2v) is 7.53. The lowest BCUT2D eigenvalue weighted by Gasteiger charge is -2.26. The molecular weight excluding hydrogens is 368 g/mol. The molecule has 1 fully saturated rings. The van der Waals surface area contributed by atoms with Gasteiger partial charge in [-0.2, -0.15) is 4.98 Å². The van der Waals surface area contributed by atoms with E-state index in [4.69, 9.17) is 10.3 Å². The summed E-state index contributed by atoms with van der Waals surface area (Å²) < 4.78 is 5.49. The van der Waals surface area contributed by atoms with Crippen LogP contribution in [0.2, 0.25) is 0 Å². The summed E-state index contributed by atoms with van der Waals surface area (Å²) in [7, 11) is 0. The highest BCUT2D eigenvalue weighted by Crippen LogP contribution is 2.38. The van der Waals surface area contributed by atoms with Gasteiger partial charge >= 0.3 is 0 Å². The maximum atomic E-state index is 12.8. The minimum Gasteiger partial charge on any atom is -0.337 e. The fraction of sp³-hybridized carbons (Fsp3) is 0.474. The monoisotopic (exact) mass is 390 g/mol. The second-order valence-electron chi connectivity index (χ2n) is 7.53. The summed E-state index contributed by atoms with van der Waals surface area (Å²) in [4.78, 5) is 31.4. The van der Waals surface area contributed by atoms with Crippen LogP contribution in [-0.2, 0) is 5.54 Å². The molecule has 27 heavy (non-hydrogen) atoms. The van der Waals surface area contributed by atoms with Crippen LogP contribution in [0.5, 0.6) is 0 Å². The standard InChI is InChI=1S/C19H22N4O3.ClH/c1-11(2)14(15-21-18(22-26-15)19(20)9-5-6-10-19)23-16(24)12-7-3-4-8-13(12)17(23)25;/h3-4,7-8,11,14H,5-6,9-10,20H2,1-2H3;1H. The number of benzene rings is 1. The summed E-state index contributed by atoms with van der Waals surface area (Å²) in [6, 6.07) is 6.22. The van der Waals surface area contributed by atoms with Crippen LogP contribution in [0.3, 0.4) is 0 Å². The number of imide groups is 1. The normalized spacial score (nSPS) is 19.3. The van der Waals surface area contributed by atoms with E-state index >= 15 is 0 Å². The van der Waals surface area contributed by atoms with Crippen LogP contribution < -0.4 is 5.73 Å². The van der Waals surface area contributed by atoms with Gasteiger partial charge in [0.2, 0.25) is 5.89 Å². The zero-order valence-electron chi connectivity index (χ0n) is 15.3. The SMILES string of the molecule is CC(C)C(c1nc(C2(N)CCCC2)no1)N1C(=O)c2ccccc2C1=O.Cl. The molecule has 1 unspecified atom stereocenters. The Labute approximate surface area is 163 Å². The molecule has 0 spiro atoms. The third-order valence-corrected chi connectivity index (χ3v) is 5.37. The van der Waals surface area contributed by atoms with E-state index in [2.05, 4.69) is 10.1 Å². The van der Waals surface area contributed by atoms with Gasteiger partial charge in [-0.1, -0.05) is 44.0 Å². The Morgan fingerprint density at radius 3 is 2.19 bits per heavy atom. The first-order valence-corrected chi connectivity index (χ1v) is 9.02. The molecule has 1 aliphatic carbocycles. The minimum absolute atomic E-state index is 0. The number of nitrogens with two attached hydrogens (primary N) is 1. The largest absolute Gasteiger partial charge is 0.337 e. The Kier molecular flexibility index (Phi) is 5.10. The topological polar surface area (TPSA) is 102 Å². The Balaban J connectivity index is 0.00000210. The predicted molar refractivity (Wildman–Crippen MR) is 100 cm³/mol. The second kappa shape index (κ2) is 7.05. The number of hydrogen-bond acceptors (Lipinski definition) is 6. The third kappa shape index (κ3) is 3.04. The lowest BCUT2D eigenvalue weighted by molar-refractivity contribution is 0.0497. The number of carbonyl (C=O) groups is 2. The fourth-order valence-electron chi connectivity index (χ4n) is 3.94. The van der Waals surface area contributed by atoms with Crippen molar-refractivity contribution in [2.24, 2.45) is 11.7 Å². The first kappa shape index (κ1) is 19.5. The molecule has 1 atom stereocenters. The zero-order valence-corrected chi connectivity index (χ0v) is 16.2. The van der Waals surface area contributed by atoms with Gasteiger partial charge in [0.1, 0.15) is 6.04 Å². The van der Waals surface area contributed by atoms with Gasteiger partial charge in [0, 0.05) is 0 Å². The summed E-state index contributed by atoms with van der Waals surface area (Å²) in [5.74, 6) is -0.00365. The quantitative estimate of drug-likeness (QED) is 0.804. The van der Waals surface area contributed by atoms with Crippen molar-refractivity contribution in [2.75, 3.05) is 0 Å². The molecule has 1 aromatic heterocycles. The molecule has 4 rings (SSSR count). The van der Waals surface area contributed by atoms with E-state index in [1.807, 2.05) is 13.8 Å². The Bertz CT molecular complexity index is 838. The maximum Gasteiger partial charge on any atom is 0.262 e. The molecule has 8 heteroatoms. The van der Waals surface area contributed by atoms with E-state index in [0.29, 0.717) is 17.0 Å². The number of fused-ring (bicyclic) bond motifs is 1. The van der Waals surface area contributed by atoms with Crippen LogP contribution in [-0.4, -0.2) is 26.9 Å². The Morgan fingerprint density at radius 2 is 1.67 bits per heavy atom. The van der Waals surface area contributed by atoms with Crippen molar-refractivity contribution in [1.29, 1.82) is 0 Å². The number of amides is 2. The molecule has 2 aromatic rings. The number of nitrogens with zero attached hydrogens (tertiary/aromatic N) is 3. The average Bonchev–Trinajstić information content (AvgIpc) is 3.32. The van der Waals surface area contributed by atoms with Crippen LogP contribution in [0.15, 0.2) is 28.8 Å². The van der Waals surface area contributed by atoms with Crippen molar-refractivity contribution >= 4 is 24.2 Å². The van der Waals surface area contributed by atoms with Crippen molar-refractivity contribution in [1.82, 2.24) is 15.0 Å². The number of halogens is 1. The zero-order chi connectivity index (χ0) is 18.5. The molecule has 0 radical (unpaired) electrons. The van der Waals surface area contributed by atoms with E-state index in [1.165, 1.54) is 4.90 Å². The summed E-state index contributed by atoms with van der Waals surface area (Å²) in [6.45, 7) is 3.84. The molecule has 2 heterocycles. The molecule has 2 aliphatic rings. The van der Waals surface area contributed by atoms with Gasteiger partial charge in [0.15, 0.2) is 5.82 Å². The van der Waals surface area contributed by atoms with Gasteiger partial charge in [-0.15, -0.1) is 12.4 Å². The highest BCUT2D eigenvalue weighted by Gasteiger charge is 2.45. The summed E-state index contributed by atoms with van der Waals surface area (Å²) in [6.07, 6.45) is 3.69. The molecule has 2 N–H and O–H groups in total. The molecule has 0 saturated heterocycles. The fourth-order valence-corrected chi connectivity index (χ4v) is 3.94. The Hall–Kier alpha value is -2.25. The lowest BCUT2D eigenvalue weighted by atomic mass is 9.98. The highest BCUT2D eigenvalue weighted by atomic mass is 35.5. The lowest BCUT2D eigenvalue weighted by Crippen LogP contribution is -2.37. The van der Waals surface area contributed by atoms with Gasteiger partial charge in [0.25, 0.3) is 11.8 Å². The summed E-state index contributed by atoms with van der Waals surface area (Å²) >= 11 is 0. The van der Waals surface area contributed by atoms with Crippen LogP contribution in [0, 0.1) is 5.92 Å². The molecular formula is C19H23ClN4O3. The predicted octanol–water partition coefficient (Wildman–Crippen LogP) is 3.21. The maximum absolute atomic E-state index is 12.8. The van der Waals surface area contributed by atoms with Crippen molar-refractivity contribution in [2.45, 2.75) is 51.1 Å². The van der Waals surface area contributed by atoms with Gasteiger partial charge < -0.3 is 10.3 Å². The van der Waals surface area contributed by atoms with Crippen molar-refractivity contribution in [3.8, 4) is 0 Å². The van der Waals surface area contributed by atoms with Gasteiger partial charge in [-0.25, -0.2) is 0 Å². The first-order valence-electron chi connectivity index (χ1n) is 9.02. The van der Waals surface area contributed by atoms with Gasteiger partial charge in [-0.05, 0) is 30.9 Å². The van der Waals surface area contributed by atoms with E-state index in [1.54, 1.807) is 24.3 Å². The number of aromatic nitrogens is 2. The Morgan fingerprint density at radius 1 is 1.11 bits per heavy atom. The molecule has 1 saturated carbocycles. The first-order chi connectivity index (χ1) is 12.4. The molecule has 1 aromatic carbocycles. The van der Waals surface area contributed by atoms with Crippen molar-refractivity contribution in [3.05, 3.63) is 47.1 Å². The number of rotatable bonds is 4. The molecule has 144 valence electrons. The smallest absolute Gasteiger partial charge is 0.262 e. The number of hydrogen-bond donors (Lipinski definition) is 1. The van der Waals surface area contributed by atoms with Crippen molar-refractivity contribution < 1.29 is 14.1 Å². The average molecular weight is 391 g/mol. The van der Waals surface area contributed by atoms with Gasteiger partial charge in [0.05, 0.1) is 16.7 Å². The third-order valence-electron chi connectivity index (χ3n) is 5.37. The van der Waals surface area contributed by atoms with E-state index in [0.717, 1.165) is 25.7 Å². The minimum atomic E-state index is -0.617. The molecule has 1 aliphatic heterocycles. The van der Waals surface area contributed by atoms with Crippen LogP contribution in [0.1, 0.15) is 78.0 Å². The number of carbonyl (C=O) groups excluding carboxylic acids is 2. The highest BCUT2D eigenvalue weighted by molar-refractivity contribution is 6.21. The van der Waals surface area contributed by atoms with Crippen LogP contribution in [0.4, 0.5) is 0 Å². The van der Waals surface area contributed by atoms with Crippen LogP contribution >= 0.6 is 12.4 Å². The van der Waals surface area contributed by atoms with E-state index < -0.39 is 11.6 Å². The van der Waals surface area contributed by atoms with Crippen molar-refractivity contribution in [3.63, 3.8) is 0 Å². The summed E-state index contributed by atoms with van der Waals surface area (Å²) in [5.41, 5.74) is 6.66.